The predicted molar refractivity (Wildman–Crippen MR) is 129 cm³/mol. The Morgan fingerprint density at radius 3 is 2.36 bits per heavy atom. The summed E-state index contributed by atoms with van der Waals surface area (Å²) in [5.74, 6) is -0.0986. The number of hydrogen-bond acceptors (Lipinski definition) is 5. The van der Waals surface area contributed by atoms with Crippen LogP contribution in [-0.2, 0) is 21.4 Å². The topological polar surface area (TPSA) is 114 Å². The minimum Gasteiger partial charge on any atom is -0.495 e. The van der Waals surface area contributed by atoms with E-state index in [2.05, 4.69) is 15.4 Å². The average molecular weight is 476 g/mol. The number of anilines is 1. The number of amides is 2. The van der Waals surface area contributed by atoms with Crippen LogP contribution in [0.1, 0.15) is 57.0 Å². The molecule has 0 unspecified atom stereocenters. The maximum Gasteiger partial charge on any atom is 0.251 e. The lowest BCUT2D eigenvalue weighted by Crippen LogP contribution is -2.40. The zero-order chi connectivity index (χ0) is 24.8. The highest BCUT2D eigenvalue weighted by atomic mass is 32.2. The van der Waals surface area contributed by atoms with Gasteiger partial charge in [-0.2, -0.15) is 0 Å². The van der Waals surface area contributed by atoms with E-state index < -0.39 is 21.5 Å². The summed E-state index contributed by atoms with van der Waals surface area (Å²) in [4.78, 5) is 24.6. The molecule has 0 aliphatic rings. The Kier molecular flexibility index (Phi) is 8.63. The Bertz CT molecular complexity index is 1110. The van der Waals surface area contributed by atoms with E-state index in [1.165, 1.54) is 25.3 Å². The van der Waals surface area contributed by atoms with E-state index in [4.69, 9.17) is 4.74 Å². The summed E-state index contributed by atoms with van der Waals surface area (Å²) in [6.45, 7) is 9.34. The molecule has 2 amide bonds. The van der Waals surface area contributed by atoms with E-state index in [-0.39, 0.29) is 34.6 Å². The number of sulfonamides is 1. The van der Waals surface area contributed by atoms with Crippen LogP contribution in [0.5, 0.6) is 5.75 Å². The van der Waals surface area contributed by atoms with Gasteiger partial charge in [0.1, 0.15) is 10.6 Å². The second-order valence-corrected chi connectivity index (χ2v) is 10.9. The van der Waals surface area contributed by atoms with Crippen molar-refractivity contribution >= 4 is 27.5 Å². The number of hydrogen-bond donors (Lipinski definition) is 3. The molecule has 0 bridgehead atoms. The van der Waals surface area contributed by atoms with E-state index in [9.17, 15) is 18.0 Å². The molecule has 0 radical (unpaired) electrons. The van der Waals surface area contributed by atoms with Gasteiger partial charge in [-0.1, -0.05) is 26.0 Å². The van der Waals surface area contributed by atoms with Crippen molar-refractivity contribution in [2.24, 2.45) is 5.92 Å². The number of carbonyl (C=O) groups excluding carboxylic acids is 2. The molecule has 0 fully saturated rings. The predicted octanol–water partition coefficient (Wildman–Crippen LogP) is 3.69. The molecule has 9 heteroatoms. The van der Waals surface area contributed by atoms with Gasteiger partial charge in [0.05, 0.1) is 7.11 Å². The standard InChI is InChI=1S/C24H33N3O5S/c1-16(2)12-22(28)26-19-9-7-8-17(13-19)15-25-23(29)18-10-11-20(32-6)21(14-18)33(30,31)27-24(3,4)5/h7-11,13-14,16,27H,12,15H2,1-6H3,(H,25,29)(H,26,28). The summed E-state index contributed by atoms with van der Waals surface area (Å²) < 4.78 is 33.4. The smallest absolute Gasteiger partial charge is 0.251 e. The van der Waals surface area contributed by atoms with Crippen molar-refractivity contribution in [3.05, 3.63) is 53.6 Å². The molecule has 33 heavy (non-hydrogen) atoms. The Morgan fingerprint density at radius 2 is 1.76 bits per heavy atom. The van der Waals surface area contributed by atoms with Crippen molar-refractivity contribution in [1.82, 2.24) is 10.0 Å². The molecule has 2 rings (SSSR count). The normalized spacial score (nSPS) is 11.8. The summed E-state index contributed by atoms with van der Waals surface area (Å²) in [6, 6.07) is 11.5. The van der Waals surface area contributed by atoms with Crippen molar-refractivity contribution in [1.29, 1.82) is 0 Å². The molecule has 0 atom stereocenters. The Labute approximate surface area is 196 Å². The Hall–Kier alpha value is -2.91. The lowest BCUT2D eigenvalue weighted by Gasteiger charge is -2.21. The zero-order valence-electron chi connectivity index (χ0n) is 20.0. The first-order valence-electron chi connectivity index (χ1n) is 10.7. The maximum absolute atomic E-state index is 12.8. The molecule has 0 heterocycles. The molecule has 0 saturated carbocycles. The summed E-state index contributed by atoms with van der Waals surface area (Å²) in [5, 5.41) is 5.63. The van der Waals surface area contributed by atoms with Crippen LogP contribution in [0.2, 0.25) is 0 Å². The highest BCUT2D eigenvalue weighted by molar-refractivity contribution is 7.89. The number of ether oxygens (including phenoxy) is 1. The number of methoxy groups -OCH3 is 1. The molecule has 8 nitrogen and oxygen atoms in total. The molecule has 0 aliphatic heterocycles. The molecule has 2 aromatic rings. The molecule has 180 valence electrons. The van der Waals surface area contributed by atoms with Crippen LogP contribution >= 0.6 is 0 Å². The molecule has 0 aliphatic carbocycles. The van der Waals surface area contributed by atoms with Gasteiger partial charge in [0.25, 0.3) is 5.91 Å². The fraction of sp³-hybridized carbons (Fsp3) is 0.417. The molecule has 2 aromatic carbocycles. The third kappa shape index (κ3) is 8.18. The van der Waals surface area contributed by atoms with Gasteiger partial charge in [-0.3, -0.25) is 9.59 Å². The number of carbonyl (C=O) groups is 2. The second-order valence-electron chi connectivity index (χ2n) is 9.25. The van der Waals surface area contributed by atoms with Crippen LogP contribution in [0.25, 0.3) is 0 Å². The van der Waals surface area contributed by atoms with Crippen molar-refractivity contribution in [3.8, 4) is 5.75 Å². The quantitative estimate of drug-likeness (QED) is 0.512. The largest absolute Gasteiger partial charge is 0.495 e. The second kappa shape index (κ2) is 10.8. The maximum atomic E-state index is 12.8. The molecule has 0 saturated heterocycles. The van der Waals surface area contributed by atoms with Gasteiger partial charge < -0.3 is 15.4 Å². The van der Waals surface area contributed by atoms with Gasteiger partial charge >= 0.3 is 0 Å². The molecule has 3 N–H and O–H groups in total. The summed E-state index contributed by atoms with van der Waals surface area (Å²) >= 11 is 0. The molecule has 0 aromatic heterocycles. The average Bonchev–Trinajstić information content (AvgIpc) is 2.69. The summed E-state index contributed by atoms with van der Waals surface area (Å²) in [5.41, 5.74) is 0.934. The Morgan fingerprint density at radius 1 is 1.06 bits per heavy atom. The van der Waals surface area contributed by atoms with E-state index in [1.54, 1.807) is 39.0 Å². The van der Waals surface area contributed by atoms with Crippen LogP contribution in [0.15, 0.2) is 47.4 Å². The van der Waals surface area contributed by atoms with E-state index >= 15 is 0 Å². The van der Waals surface area contributed by atoms with Gasteiger partial charge in [-0.25, -0.2) is 13.1 Å². The minimum atomic E-state index is -3.91. The number of rotatable bonds is 9. The SMILES string of the molecule is COc1ccc(C(=O)NCc2cccc(NC(=O)CC(C)C)c2)cc1S(=O)(=O)NC(C)(C)C. The van der Waals surface area contributed by atoms with Crippen LogP contribution < -0.4 is 20.1 Å². The molecule has 0 spiro atoms. The van der Waals surface area contributed by atoms with Crippen LogP contribution in [0, 0.1) is 5.92 Å². The highest BCUT2D eigenvalue weighted by Gasteiger charge is 2.26. The first-order valence-corrected chi connectivity index (χ1v) is 12.2. The van der Waals surface area contributed by atoms with Gasteiger partial charge in [0, 0.05) is 29.8 Å². The fourth-order valence-electron chi connectivity index (χ4n) is 3.11. The molecular weight excluding hydrogens is 442 g/mol. The first kappa shape index (κ1) is 26.3. The van der Waals surface area contributed by atoms with E-state index in [0.29, 0.717) is 12.1 Å². The van der Waals surface area contributed by atoms with Gasteiger partial charge in [-0.05, 0) is 62.6 Å². The first-order chi connectivity index (χ1) is 15.3. The summed E-state index contributed by atoms with van der Waals surface area (Å²) in [7, 11) is -2.53. The minimum absolute atomic E-state index is 0.0676. The zero-order valence-corrected chi connectivity index (χ0v) is 20.8. The number of benzene rings is 2. The lowest BCUT2D eigenvalue weighted by molar-refractivity contribution is -0.116. The van der Waals surface area contributed by atoms with Crippen molar-refractivity contribution in [3.63, 3.8) is 0 Å². The van der Waals surface area contributed by atoms with Crippen molar-refractivity contribution in [2.45, 2.75) is 58.0 Å². The van der Waals surface area contributed by atoms with Crippen LogP contribution in [-0.4, -0.2) is 32.9 Å². The van der Waals surface area contributed by atoms with Crippen LogP contribution in [0.4, 0.5) is 5.69 Å². The van der Waals surface area contributed by atoms with Crippen molar-refractivity contribution in [2.75, 3.05) is 12.4 Å². The fourth-order valence-corrected chi connectivity index (χ4v) is 4.73. The molecular formula is C24H33N3O5S. The van der Waals surface area contributed by atoms with Crippen LogP contribution in [0.3, 0.4) is 0 Å². The van der Waals surface area contributed by atoms with E-state index in [1.807, 2.05) is 19.9 Å². The van der Waals surface area contributed by atoms with E-state index in [0.717, 1.165) is 5.56 Å². The van der Waals surface area contributed by atoms with Gasteiger partial charge in [-0.15, -0.1) is 0 Å². The Balaban J connectivity index is 2.15. The van der Waals surface area contributed by atoms with Gasteiger partial charge in [0.2, 0.25) is 15.9 Å². The van der Waals surface area contributed by atoms with Crippen molar-refractivity contribution < 1.29 is 22.7 Å². The monoisotopic (exact) mass is 475 g/mol. The number of nitrogens with one attached hydrogen (secondary N) is 3. The highest BCUT2D eigenvalue weighted by Crippen LogP contribution is 2.26. The summed E-state index contributed by atoms with van der Waals surface area (Å²) in [6.07, 6.45) is 0.424. The lowest BCUT2D eigenvalue weighted by atomic mass is 10.1. The van der Waals surface area contributed by atoms with Gasteiger partial charge in [0.15, 0.2) is 0 Å². The third-order valence-electron chi connectivity index (χ3n) is 4.41. The third-order valence-corrected chi connectivity index (χ3v) is 6.19.